The van der Waals surface area contributed by atoms with Crippen molar-refractivity contribution in [3.05, 3.63) is 46.7 Å². The van der Waals surface area contributed by atoms with Crippen molar-refractivity contribution in [3.8, 4) is 0 Å². The lowest BCUT2D eigenvalue weighted by Gasteiger charge is -2.12. The quantitative estimate of drug-likeness (QED) is 0.844. The number of benzene rings is 1. The average molecular weight is 281 g/mol. The highest BCUT2D eigenvalue weighted by Gasteiger charge is 2.09. The Morgan fingerprint density at radius 1 is 1.50 bits per heavy atom. The zero-order valence-electron chi connectivity index (χ0n) is 9.85. The molecule has 6 heteroatoms. The standard InChI is InChI=1S/C12H13ClN4S/c1-17-8(5-6-16-17)7-15-10-4-2-3-9(13)11(10)12(14)18/h2-6,15H,7H2,1H3,(H2,14,18). The van der Waals surface area contributed by atoms with Crippen LogP contribution in [-0.2, 0) is 13.6 Å². The number of aromatic nitrogens is 2. The molecule has 0 saturated carbocycles. The van der Waals surface area contributed by atoms with Crippen molar-refractivity contribution in [2.24, 2.45) is 12.8 Å². The number of anilines is 1. The lowest BCUT2D eigenvalue weighted by molar-refractivity contribution is 0.720. The number of halogens is 1. The van der Waals surface area contributed by atoms with Gasteiger partial charge in [-0.1, -0.05) is 29.9 Å². The fourth-order valence-corrected chi connectivity index (χ4v) is 2.23. The molecule has 0 saturated heterocycles. The summed E-state index contributed by atoms with van der Waals surface area (Å²) >= 11 is 11.1. The highest BCUT2D eigenvalue weighted by Crippen LogP contribution is 2.24. The van der Waals surface area contributed by atoms with Crippen LogP contribution in [0.15, 0.2) is 30.5 Å². The zero-order valence-corrected chi connectivity index (χ0v) is 11.4. The number of thiocarbonyl (C=S) groups is 1. The normalized spacial score (nSPS) is 10.3. The molecule has 0 fully saturated rings. The molecule has 1 aromatic carbocycles. The topological polar surface area (TPSA) is 55.9 Å². The van der Waals surface area contributed by atoms with Crippen LogP contribution < -0.4 is 11.1 Å². The maximum absolute atomic E-state index is 6.09. The van der Waals surface area contributed by atoms with Crippen LogP contribution in [0.2, 0.25) is 5.02 Å². The second-order valence-electron chi connectivity index (χ2n) is 3.83. The van der Waals surface area contributed by atoms with Crippen LogP contribution in [0.25, 0.3) is 0 Å². The van der Waals surface area contributed by atoms with E-state index in [0.29, 0.717) is 17.1 Å². The fraction of sp³-hybridized carbons (Fsp3) is 0.167. The van der Waals surface area contributed by atoms with Crippen molar-refractivity contribution in [1.82, 2.24) is 9.78 Å². The Kier molecular flexibility index (Phi) is 3.84. The van der Waals surface area contributed by atoms with Gasteiger partial charge in [-0.15, -0.1) is 0 Å². The van der Waals surface area contributed by atoms with E-state index in [0.717, 1.165) is 11.4 Å². The predicted octanol–water partition coefficient (Wildman–Crippen LogP) is 2.32. The lowest BCUT2D eigenvalue weighted by Crippen LogP contribution is -2.14. The van der Waals surface area contributed by atoms with E-state index in [1.807, 2.05) is 25.2 Å². The van der Waals surface area contributed by atoms with Gasteiger partial charge in [-0.25, -0.2) is 0 Å². The van der Waals surface area contributed by atoms with Crippen LogP contribution in [0.1, 0.15) is 11.3 Å². The molecule has 18 heavy (non-hydrogen) atoms. The summed E-state index contributed by atoms with van der Waals surface area (Å²) in [4.78, 5) is 0.285. The van der Waals surface area contributed by atoms with Gasteiger partial charge in [0.2, 0.25) is 0 Å². The van der Waals surface area contributed by atoms with E-state index in [1.165, 1.54) is 0 Å². The second kappa shape index (κ2) is 5.37. The maximum atomic E-state index is 6.09. The van der Waals surface area contributed by atoms with Crippen LogP contribution in [0.3, 0.4) is 0 Å². The first-order chi connectivity index (χ1) is 8.59. The minimum absolute atomic E-state index is 0.285. The third-order valence-corrected chi connectivity index (χ3v) is 3.16. The molecule has 2 aromatic rings. The third-order valence-electron chi connectivity index (χ3n) is 2.64. The van der Waals surface area contributed by atoms with Crippen LogP contribution in [0, 0.1) is 0 Å². The molecule has 1 heterocycles. The molecule has 0 spiro atoms. The summed E-state index contributed by atoms with van der Waals surface area (Å²) in [5, 5.41) is 7.92. The third kappa shape index (κ3) is 2.63. The second-order valence-corrected chi connectivity index (χ2v) is 4.67. The summed E-state index contributed by atoms with van der Waals surface area (Å²) in [6, 6.07) is 7.47. The van der Waals surface area contributed by atoms with E-state index in [4.69, 9.17) is 29.6 Å². The number of rotatable bonds is 4. The minimum Gasteiger partial charge on any atom is -0.389 e. The molecule has 0 amide bonds. The van der Waals surface area contributed by atoms with Gasteiger partial charge in [0.15, 0.2) is 0 Å². The maximum Gasteiger partial charge on any atom is 0.107 e. The summed E-state index contributed by atoms with van der Waals surface area (Å²) in [5.74, 6) is 0. The molecule has 1 aromatic heterocycles. The van der Waals surface area contributed by atoms with Gasteiger partial charge >= 0.3 is 0 Å². The van der Waals surface area contributed by atoms with E-state index in [2.05, 4.69) is 10.4 Å². The van der Waals surface area contributed by atoms with Gasteiger partial charge < -0.3 is 11.1 Å². The summed E-state index contributed by atoms with van der Waals surface area (Å²) in [7, 11) is 1.89. The van der Waals surface area contributed by atoms with Crippen molar-refractivity contribution in [2.45, 2.75) is 6.54 Å². The highest BCUT2D eigenvalue weighted by molar-refractivity contribution is 7.80. The van der Waals surface area contributed by atoms with Gasteiger partial charge in [0.25, 0.3) is 0 Å². The van der Waals surface area contributed by atoms with Gasteiger partial charge in [0.05, 0.1) is 22.8 Å². The van der Waals surface area contributed by atoms with Crippen molar-refractivity contribution in [3.63, 3.8) is 0 Å². The van der Waals surface area contributed by atoms with E-state index >= 15 is 0 Å². The molecule has 4 nitrogen and oxygen atoms in total. The van der Waals surface area contributed by atoms with Crippen LogP contribution >= 0.6 is 23.8 Å². The van der Waals surface area contributed by atoms with Gasteiger partial charge in [-0.05, 0) is 18.2 Å². The van der Waals surface area contributed by atoms with Gasteiger partial charge in [0, 0.05) is 18.9 Å². The number of hydrogen-bond donors (Lipinski definition) is 2. The van der Waals surface area contributed by atoms with Crippen LogP contribution in [-0.4, -0.2) is 14.8 Å². The molecule has 0 aliphatic rings. The largest absolute Gasteiger partial charge is 0.389 e. The average Bonchev–Trinajstić information content (AvgIpc) is 2.71. The van der Waals surface area contributed by atoms with Crippen LogP contribution in [0.5, 0.6) is 0 Å². The number of hydrogen-bond acceptors (Lipinski definition) is 3. The first-order valence-corrected chi connectivity index (χ1v) is 6.17. The van der Waals surface area contributed by atoms with E-state index in [9.17, 15) is 0 Å². The summed E-state index contributed by atoms with van der Waals surface area (Å²) in [6.07, 6.45) is 1.75. The minimum atomic E-state index is 0.285. The van der Waals surface area contributed by atoms with Crippen molar-refractivity contribution in [2.75, 3.05) is 5.32 Å². The number of nitrogens with two attached hydrogens (primary N) is 1. The van der Waals surface area contributed by atoms with E-state index < -0.39 is 0 Å². The zero-order chi connectivity index (χ0) is 13.1. The molecule has 94 valence electrons. The molecule has 0 atom stereocenters. The molecule has 0 unspecified atom stereocenters. The smallest absolute Gasteiger partial charge is 0.107 e. The molecule has 0 bridgehead atoms. The molecule has 0 aliphatic heterocycles. The molecule has 0 aliphatic carbocycles. The fourth-order valence-electron chi connectivity index (χ4n) is 1.68. The molecule has 0 radical (unpaired) electrons. The number of aryl methyl sites for hydroxylation is 1. The molecule has 2 rings (SSSR count). The van der Waals surface area contributed by atoms with Gasteiger partial charge in [-0.2, -0.15) is 5.10 Å². The van der Waals surface area contributed by atoms with Crippen molar-refractivity contribution in [1.29, 1.82) is 0 Å². The summed E-state index contributed by atoms with van der Waals surface area (Å²) in [5.41, 5.74) is 8.25. The molecular weight excluding hydrogens is 268 g/mol. The van der Waals surface area contributed by atoms with Crippen molar-refractivity contribution < 1.29 is 0 Å². The lowest BCUT2D eigenvalue weighted by atomic mass is 10.1. The monoisotopic (exact) mass is 280 g/mol. The Morgan fingerprint density at radius 2 is 2.28 bits per heavy atom. The van der Waals surface area contributed by atoms with Crippen LogP contribution in [0.4, 0.5) is 5.69 Å². The van der Waals surface area contributed by atoms with E-state index in [-0.39, 0.29) is 4.99 Å². The number of nitrogens with zero attached hydrogens (tertiary/aromatic N) is 2. The van der Waals surface area contributed by atoms with Crippen molar-refractivity contribution >= 4 is 34.5 Å². The first kappa shape index (κ1) is 12.9. The first-order valence-electron chi connectivity index (χ1n) is 5.38. The SMILES string of the molecule is Cn1nccc1CNc1cccc(Cl)c1C(N)=S. The summed E-state index contributed by atoms with van der Waals surface area (Å²) < 4.78 is 1.80. The van der Waals surface area contributed by atoms with Gasteiger partial charge in [-0.3, -0.25) is 4.68 Å². The molecular formula is C12H13ClN4S. The molecule has 3 N–H and O–H groups in total. The van der Waals surface area contributed by atoms with E-state index in [1.54, 1.807) is 16.9 Å². The summed E-state index contributed by atoms with van der Waals surface area (Å²) in [6.45, 7) is 0.631. The predicted molar refractivity (Wildman–Crippen MR) is 77.9 cm³/mol. The highest BCUT2D eigenvalue weighted by atomic mass is 35.5. The Bertz CT molecular complexity index is 579. The number of nitrogens with one attached hydrogen (secondary N) is 1. The Balaban J connectivity index is 2.22. The Morgan fingerprint density at radius 3 is 2.89 bits per heavy atom. The Labute approximate surface area is 116 Å². The Hall–Kier alpha value is -1.59. The van der Waals surface area contributed by atoms with Gasteiger partial charge in [0.1, 0.15) is 4.99 Å².